The molecule has 6 nitrogen and oxygen atoms in total. The number of carbonyl (C=O) groups is 1. The van der Waals surface area contributed by atoms with E-state index >= 15 is 0 Å². The predicted octanol–water partition coefficient (Wildman–Crippen LogP) is 1.18. The molecule has 0 atom stereocenters. The maximum atomic E-state index is 14.7. The summed E-state index contributed by atoms with van der Waals surface area (Å²) in [5, 5.41) is 11.8. The van der Waals surface area contributed by atoms with E-state index in [-0.39, 0.29) is 24.1 Å². The molecule has 1 saturated carbocycles. The Morgan fingerprint density at radius 3 is 2.73 bits per heavy atom. The molecule has 1 N–H and O–H groups in total. The smallest absolute Gasteiger partial charge is 0.223 e. The first-order chi connectivity index (χ1) is 10.6. The number of amides is 1. The fourth-order valence-corrected chi connectivity index (χ4v) is 2.67. The van der Waals surface area contributed by atoms with Gasteiger partial charge in [-0.1, -0.05) is 0 Å². The van der Waals surface area contributed by atoms with Crippen molar-refractivity contribution < 1.29 is 9.18 Å². The van der Waals surface area contributed by atoms with Gasteiger partial charge in [0.1, 0.15) is 11.7 Å². The minimum atomic E-state index is -1.38. The normalized spacial score (nSPS) is 20.3. The third-order valence-electron chi connectivity index (χ3n) is 4.27. The maximum Gasteiger partial charge on any atom is 0.223 e. The lowest BCUT2D eigenvalue weighted by Gasteiger charge is -2.37. The minimum Gasteiger partial charge on any atom is -0.354 e. The molecule has 1 saturated heterocycles. The van der Waals surface area contributed by atoms with E-state index in [9.17, 15) is 9.18 Å². The highest BCUT2D eigenvalue weighted by Gasteiger charge is 2.37. The molecule has 0 radical (unpaired) electrons. The van der Waals surface area contributed by atoms with Crippen molar-refractivity contribution in [3.05, 3.63) is 18.1 Å². The van der Waals surface area contributed by atoms with Crippen molar-refractivity contribution in [3.63, 3.8) is 0 Å². The van der Waals surface area contributed by atoms with E-state index in [1.165, 1.54) is 12.4 Å². The molecule has 0 aromatic carbocycles. The largest absolute Gasteiger partial charge is 0.354 e. The summed E-state index contributed by atoms with van der Waals surface area (Å²) in [6.07, 6.45) is 5.45. The fourth-order valence-electron chi connectivity index (χ4n) is 2.67. The Kier molecular flexibility index (Phi) is 3.92. The van der Waals surface area contributed by atoms with Crippen LogP contribution in [0.5, 0.6) is 0 Å². The van der Waals surface area contributed by atoms with Crippen LogP contribution in [-0.2, 0) is 4.79 Å². The van der Waals surface area contributed by atoms with Crippen molar-refractivity contribution in [2.24, 2.45) is 5.92 Å². The van der Waals surface area contributed by atoms with Crippen molar-refractivity contribution in [1.29, 1.82) is 5.26 Å². The topological polar surface area (TPSA) is 81.9 Å². The number of hydrogen-bond acceptors (Lipinski definition) is 5. The van der Waals surface area contributed by atoms with Crippen molar-refractivity contribution in [2.45, 2.75) is 31.4 Å². The zero-order valence-corrected chi connectivity index (χ0v) is 12.3. The number of halogens is 1. The van der Waals surface area contributed by atoms with Crippen LogP contribution >= 0.6 is 0 Å². The van der Waals surface area contributed by atoms with Crippen LogP contribution < -0.4 is 10.2 Å². The van der Waals surface area contributed by atoms with Crippen LogP contribution in [0.2, 0.25) is 0 Å². The molecule has 1 aliphatic heterocycles. The minimum absolute atomic E-state index is 0.0276. The summed E-state index contributed by atoms with van der Waals surface area (Å²) in [6, 6.07) is 2.01. The van der Waals surface area contributed by atoms with Crippen molar-refractivity contribution >= 4 is 11.7 Å². The number of hydrogen-bond donors (Lipinski definition) is 1. The van der Waals surface area contributed by atoms with Crippen LogP contribution in [0.15, 0.2) is 12.4 Å². The standard InChI is InChI=1S/C15H18FN5O/c16-15(10-20-14(22)11-1-2-11)3-7-21(8-4-15)13-12(9-17)18-5-6-19-13/h5-6,11H,1-4,7-8,10H2,(H,20,22). The molecule has 7 heteroatoms. The number of anilines is 1. The monoisotopic (exact) mass is 303 g/mol. The maximum absolute atomic E-state index is 14.7. The molecule has 2 heterocycles. The summed E-state index contributed by atoms with van der Waals surface area (Å²) >= 11 is 0. The second-order valence-electron chi connectivity index (χ2n) is 5.97. The van der Waals surface area contributed by atoms with Gasteiger partial charge in [0.05, 0.1) is 6.54 Å². The Morgan fingerprint density at radius 1 is 1.41 bits per heavy atom. The summed E-state index contributed by atoms with van der Waals surface area (Å²) in [6.45, 7) is 0.994. The average Bonchev–Trinajstić information content (AvgIpc) is 3.38. The van der Waals surface area contributed by atoms with E-state index < -0.39 is 5.67 Å². The van der Waals surface area contributed by atoms with E-state index in [0.717, 1.165) is 12.8 Å². The average molecular weight is 303 g/mol. The molecular formula is C15H18FN5O. The molecule has 2 aliphatic rings. The van der Waals surface area contributed by atoms with E-state index in [4.69, 9.17) is 5.26 Å². The summed E-state index contributed by atoms with van der Waals surface area (Å²) in [5.74, 6) is 0.579. The number of nitrogens with one attached hydrogen (secondary N) is 1. The SMILES string of the molecule is N#Cc1nccnc1N1CCC(F)(CNC(=O)C2CC2)CC1. The third kappa shape index (κ3) is 3.16. The lowest BCUT2D eigenvalue weighted by atomic mass is 9.93. The molecule has 1 aliphatic carbocycles. The van der Waals surface area contributed by atoms with Gasteiger partial charge >= 0.3 is 0 Å². The molecule has 0 unspecified atom stereocenters. The summed E-state index contributed by atoms with van der Waals surface area (Å²) < 4.78 is 14.7. The summed E-state index contributed by atoms with van der Waals surface area (Å²) in [5.41, 5.74) is -1.12. The fraction of sp³-hybridized carbons (Fsp3) is 0.600. The highest BCUT2D eigenvalue weighted by Crippen LogP contribution is 2.31. The van der Waals surface area contributed by atoms with Gasteiger partial charge < -0.3 is 10.2 Å². The van der Waals surface area contributed by atoms with Gasteiger partial charge in [-0.15, -0.1) is 0 Å². The first-order valence-electron chi connectivity index (χ1n) is 7.54. The van der Waals surface area contributed by atoms with Gasteiger partial charge in [-0.2, -0.15) is 5.26 Å². The quantitative estimate of drug-likeness (QED) is 0.903. The molecule has 116 valence electrons. The molecule has 1 aromatic heterocycles. The van der Waals surface area contributed by atoms with E-state index in [0.29, 0.717) is 31.7 Å². The second-order valence-corrected chi connectivity index (χ2v) is 5.97. The lowest BCUT2D eigenvalue weighted by molar-refractivity contribution is -0.123. The van der Waals surface area contributed by atoms with Crippen molar-refractivity contribution in [3.8, 4) is 6.07 Å². The number of carbonyl (C=O) groups excluding carboxylic acids is 1. The Labute approximate surface area is 128 Å². The third-order valence-corrected chi connectivity index (χ3v) is 4.27. The van der Waals surface area contributed by atoms with E-state index in [1.54, 1.807) is 0 Å². The van der Waals surface area contributed by atoms with Gasteiger partial charge in [0.15, 0.2) is 11.5 Å². The van der Waals surface area contributed by atoms with Crippen LogP contribution in [0.1, 0.15) is 31.4 Å². The summed E-state index contributed by atoms with van der Waals surface area (Å²) in [4.78, 5) is 21.7. The number of rotatable bonds is 4. The Balaban J connectivity index is 1.57. The number of alkyl halides is 1. The van der Waals surface area contributed by atoms with E-state index in [2.05, 4.69) is 15.3 Å². The summed E-state index contributed by atoms with van der Waals surface area (Å²) in [7, 11) is 0. The number of aromatic nitrogens is 2. The first-order valence-corrected chi connectivity index (χ1v) is 7.54. The van der Waals surface area contributed by atoms with Crippen LogP contribution in [0, 0.1) is 17.2 Å². The van der Waals surface area contributed by atoms with Crippen LogP contribution in [0.3, 0.4) is 0 Å². The molecule has 0 bridgehead atoms. The van der Waals surface area contributed by atoms with Gasteiger partial charge in [0, 0.05) is 44.2 Å². The van der Waals surface area contributed by atoms with Crippen LogP contribution in [-0.4, -0.2) is 41.2 Å². The van der Waals surface area contributed by atoms with Crippen LogP contribution in [0.4, 0.5) is 10.2 Å². The number of piperidine rings is 1. The van der Waals surface area contributed by atoms with Gasteiger partial charge in [-0.3, -0.25) is 4.79 Å². The molecule has 2 fully saturated rings. The van der Waals surface area contributed by atoms with Gasteiger partial charge in [-0.05, 0) is 12.8 Å². The van der Waals surface area contributed by atoms with Crippen LogP contribution in [0.25, 0.3) is 0 Å². The molecular weight excluding hydrogens is 285 g/mol. The predicted molar refractivity (Wildman–Crippen MR) is 77.8 cm³/mol. The highest BCUT2D eigenvalue weighted by molar-refractivity contribution is 5.80. The Bertz CT molecular complexity index is 602. The number of nitrogens with zero attached hydrogens (tertiary/aromatic N) is 4. The van der Waals surface area contributed by atoms with Crippen molar-refractivity contribution in [1.82, 2.24) is 15.3 Å². The highest BCUT2D eigenvalue weighted by atomic mass is 19.1. The zero-order chi connectivity index (χ0) is 15.6. The molecule has 1 aromatic rings. The van der Waals surface area contributed by atoms with E-state index in [1.807, 2.05) is 11.0 Å². The Morgan fingerprint density at radius 2 is 2.09 bits per heavy atom. The van der Waals surface area contributed by atoms with Gasteiger partial charge in [0.2, 0.25) is 5.91 Å². The van der Waals surface area contributed by atoms with Crippen molar-refractivity contribution in [2.75, 3.05) is 24.5 Å². The molecule has 1 amide bonds. The molecule has 0 spiro atoms. The number of nitriles is 1. The van der Waals surface area contributed by atoms with Gasteiger partial charge in [0.25, 0.3) is 0 Å². The molecule has 3 rings (SSSR count). The second kappa shape index (κ2) is 5.87. The first kappa shape index (κ1) is 14.7. The lowest BCUT2D eigenvalue weighted by Crippen LogP contribution is -2.48. The van der Waals surface area contributed by atoms with Gasteiger partial charge in [-0.25, -0.2) is 14.4 Å². The molecule has 22 heavy (non-hydrogen) atoms. The Hall–Kier alpha value is -2.23. The zero-order valence-electron chi connectivity index (χ0n) is 12.3.